The molecule has 0 bridgehead atoms. The van der Waals surface area contributed by atoms with E-state index < -0.39 is 31.2 Å². The van der Waals surface area contributed by atoms with Gasteiger partial charge in [-0.1, -0.05) is 0 Å². The third-order valence-electron chi connectivity index (χ3n) is 5.46. The quantitative estimate of drug-likeness (QED) is 0.619. The molecule has 0 amide bonds. The summed E-state index contributed by atoms with van der Waals surface area (Å²) < 4.78 is 26.4. The maximum Gasteiger partial charge on any atom is 0.166 e. The van der Waals surface area contributed by atoms with Crippen molar-refractivity contribution in [1.29, 1.82) is 0 Å². The van der Waals surface area contributed by atoms with Gasteiger partial charge < -0.3 is 24.6 Å². The van der Waals surface area contributed by atoms with Crippen molar-refractivity contribution in [2.45, 2.75) is 24.6 Å². The Kier molecular flexibility index (Phi) is 5.03. The number of aliphatic hydroxyl groups excluding tert-OH is 2. The van der Waals surface area contributed by atoms with Gasteiger partial charge in [-0.2, -0.15) is 0 Å². The first-order valence-electron chi connectivity index (χ1n) is 9.72. The summed E-state index contributed by atoms with van der Waals surface area (Å²) in [7, 11) is 0. The van der Waals surface area contributed by atoms with Gasteiger partial charge in [0, 0.05) is 24.8 Å². The number of nitrogens with zero attached hydrogens (tertiary/aromatic N) is 6. The first-order chi connectivity index (χ1) is 14.7. The van der Waals surface area contributed by atoms with Crippen molar-refractivity contribution in [2.24, 2.45) is 0 Å². The molecule has 2 fully saturated rings. The number of hydrogen-bond donors (Lipinski definition) is 2. The molecule has 0 aliphatic carbocycles. The van der Waals surface area contributed by atoms with Crippen LogP contribution in [0.1, 0.15) is 6.23 Å². The van der Waals surface area contributed by atoms with E-state index in [0.29, 0.717) is 30.1 Å². The minimum absolute atomic E-state index is 0.395. The molecule has 30 heavy (non-hydrogen) atoms. The lowest BCUT2D eigenvalue weighted by Gasteiger charge is -2.27. The summed E-state index contributed by atoms with van der Waals surface area (Å²) in [6.45, 7) is 2.42. The minimum Gasteiger partial charge on any atom is -0.394 e. The van der Waals surface area contributed by atoms with Crippen LogP contribution in [-0.4, -0.2) is 86.0 Å². The van der Waals surface area contributed by atoms with Crippen LogP contribution in [0.15, 0.2) is 31.0 Å². The first-order valence-corrected chi connectivity index (χ1v) is 9.72. The van der Waals surface area contributed by atoms with E-state index in [1.807, 2.05) is 12.1 Å². The lowest BCUT2D eigenvalue weighted by Crippen LogP contribution is -2.36. The van der Waals surface area contributed by atoms with Gasteiger partial charge in [0.15, 0.2) is 18.0 Å². The molecule has 2 saturated heterocycles. The highest BCUT2D eigenvalue weighted by Crippen LogP contribution is 2.34. The molecule has 3 aromatic rings. The number of imidazole rings is 1. The fourth-order valence-electron chi connectivity index (χ4n) is 3.84. The van der Waals surface area contributed by atoms with Crippen molar-refractivity contribution in [1.82, 2.24) is 24.5 Å². The number of pyridine rings is 1. The van der Waals surface area contributed by atoms with E-state index in [1.165, 1.54) is 17.2 Å². The van der Waals surface area contributed by atoms with Crippen molar-refractivity contribution in [3.05, 3.63) is 31.0 Å². The average Bonchev–Trinajstić information content (AvgIpc) is 3.35. The van der Waals surface area contributed by atoms with Crippen LogP contribution in [0.4, 0.5) is 10.2 Å². The summed E-state index contributed by atoms with van der Waals surface area (Å²) in [5.74, 6) is 0.865. The summed E-state index contributed by atoms with van der Waals surface area (Å²) in [6, 6.07) is 3.84. The molecule has 2 aliphatic rings. The Morgan fingerprint density at radius 1 is 1.13 bits per heavy atom. The van der Waals surface area contributed by atoms with E-state index in [-0.39, 0.29) is 0 Å². The summed E-state index contributed by atoms with van der Waals surface area (Å²) in [6.07, 6.45) is -0.732. The van der Waals surface area contributed by atoms with Gasteiger partial charge in [-0.3, -0.25) is 4.57 Å². The number of halogens is 1. The molecule has 0 spiro atoms. The lowest BCUT2D eigenvalue weighted by atomic mass is 10.1. The molecule has 5 rings (SSSR count). The van der Waals surface area contributed by atoms with E-state index in [2.05, 4.69) is 24.8 Å². The SMILES string of the molecule is OC[C@H]1O[C@@H](n2cnc3c(-c4ccc(N5CCOCC5)nc4)ncnc32)[C@@H](O)C1F. The second-order valence-electron chi connectivity index (χ2n) is 7.23. The lowest BCUT2D eigenvalue weighted by molar-refractivity contribution is -0.0495. The molecule has 158 valence electrons. The molecule has 2 N–H and O–H groups in total. The number of rotatable bonds is 4. The Bertz CT molecular complexity index is 1030. The second kappa shape index (κ2) is 7.84. The van der Waals surface area contributed by atoms with Crippen molar-refractivity contribution in [3.8, 4) is 11.3 Å². The standard InChI is InChI=1S/C19H21FN6O4/c20-14-12(8-27)30-19(17(14)28)26-10-24-16-15(22-9-23-18(16)26)11-1-2-13(21-7-11)25-3-5-29-6-4-25/h1-2,7,9-10,12,14,17,19,27-28H,3-6,8H2/t12-,14?,17+,19-/m1/s1. The predicted molar refractivity (Wildman–Crippen MR) is 103 cm³/mol. The van der Waals surface area contributed by atoms with Gasteiger partial charge in [-0.05, 0) is 12.1 Å². The van der Waals surface area contributed by atoms with Crippen LogP contribution >= 0.6 is 0 Å². The molecular formula is C19H21FN6O4. The van der Waals surface area contributed by atoms with Crippen LogP contribution in [0.3, 0.4) is 0 Å². The summed E-state index contributed by atoms with van der Waals surface area (Å²) in [4.78, 5) is 19.7. The van der Waals surface area contributed by atoms with Gasteiger partial charge in [0.2, 0.25) is 0 Å². The largest absolute Gasteiger partial charge is 0.394 e. The fraction of sp³-hybridized carbons (Fsp3) is 0.474. The number of fused-ring (bicyclic) bond motifs is 1. The topological polar surface area (TPSA) is 119 Å². The smallest absolute Gasteiger partial charge is 0.166 e. The molecular weight excluding hydrogens is 395 g/mol. The predicted octanol–water partition coefficient (Wildman–Crippen LogP) is 0.314. The molecule has 0 saturated carbocycles. The van der Waals surface area contributed by atoms with Gasteiger partial charge in [-0.25, -0.2) is 24.3 Å². The van der Waals surface area contributed by atoms with E-state index in [0.717, 1.165) is 24.5 Å². The highest BCUT2D eigenvalue weighted by molar-refractivity contribution is 5.87. The molecule has 0 radical (unpaired) electrons. The summed E-state index contributed by atoms with van der Waals surface area (Å²) in [5, 5.41) is 19.5. The van der Waals surface area contributed by atoms with Crippen LogP contribution < -0.4 is 4.90 Å². The first kappa shape index (κ1) is 19.2. The highest BCUT2D eigenvalue weighted by Gasteiger charge is 2.45. The zero-order valence-electron chi connectivity index (χ0n) is 16.0. The zero-order chi connectivity index (χ0) is 20.7. The monoisotopic (exact) mass is 416 g/mol. The summed E-state index contributed by atoms with van der Waals surface area (Å²) >= 11 is 0. The average molecular weight is 416 g/mol. The molecule has 4 atom stereocenters. The molecule has 11 heteroatoms. The normalized spacial score (nSPS) is 27.1. The van der Waals surface area contributed by atoms with Crippen molar-refractivity contribution in [3.63, 3.8) is 0 Å². The van der Waals surface area contributed by atoms with Crippen molar-refractivity contribution in [2.75, 3.05) is 37.8 Å². The maximum atomic E-state index is 14.1. The minimum atomic E-state index is -1.70. The molecule has 0 aromatic carbocycles. The van der Waals surface area contributed by atoms with Crippen LogP contribution in [0.25, 0.3) is 22.4 Å². The Hall–Kier alpha value is -2.73. The number of anilines is 1. The van der Waals surface area contributed by atoms with Crippen molar-refractivity contribution >= 4 is 17.0 Å². The zero-order valence-corrected chi connectivity index (χ0v) is 16.0. The van der Waals surface area contributed by atoms with Gasteiger partial charge in [0.05, 0.1) is 26.1 Å². The molecule has 10 nitrogen and oxygen atoms in total. The molecule has 2 aliphatic heterocycles. The van der Waals surface area contributed by atoms with E-state index in [1.54, 1.807) is 6.20 Å². The van der Waals surface area contributed by atoms with E-state index in [4.69, 9.17) is 9.47 Å². The number of alkyl halides is 1. The fourth-order valence-corrected chi connectivity index (χ4v) is 3.84. The Morgan fingerprint density at radius 3 is 2.67 bits per heavy atom. The van der Waals surface area contributed by atoms with Crippen LogP contribution in [-0.2, 0) is 9.47 Å². The van der Waals surface area contributed by atoms with Gasteiger partial charge in [0.1, 0.15) is 35.6 Å². The van der Waals surface area contributed by atoms with E-state index in [9.17, 15) is 14.6 Å². The number of morpholine rings is 1. The second-order valence-corrected chi connectivity index (χ2v) is 7.23. The number of aromatic nitrogens is 5. The molecule has 3 aromatic heterocycles. The summed E-state index contributed by atoms with van der Waals surface area (Å²) in [5.41, 5.74) is 2.21. The van der Waals surface area contributed by atoms with Gasteiger partial charge in [0.25, 0.3) is 0 Å². The molecule has 1 unspecified atom stereocenters. The van der Waals surface area contributed by atoms with Crippen LogP contribution in [0, 0.1) is 0 Å². The Labute approximate surface area is 170 Å². The Morgan fingerprint density at radius 2 is 1.97 bits per heavy atom. The molecule has 5 heterocycles. The third-order valence-corrected chi connectivity index (χ3v) is 5.46. The van der Waals surface area contributed by atoms with Crippen LogP contribution in [0.5, 0.6) is 0 Å². The number of ether oxygens (including phenoxy) is 2. The highest BCUT2D eigenvalue weighted by atomic mass is 19.1. The Balaban J connectivity index is 1.47. The number of hydrogen-bond acceptors (Lipinski definition) is 9. The van der Waals surface area contributed by atoms with E-state index >= 15 is 0 Å². The van der Waals surface area contributed by atoms with Gasteiger partial charge >= 0.3 is 0 Å². The van der Waals surface area contributed by atoms with Gasteiger partial charge in [-0.15, -0.1) is 0 Å². The van der Waals surface area contributed by atoms with Crippen LogP contribution in [0.2, 0.25) is 0 Å². The van der Waals surface area contributed by atoms with Crippen molar-refractivity contribution < 1.29 is 24.1 Å². The maximum absolute atomic E-state index is 14.1. The third kappa shape index (κ3) is 3.19. The number of aliphatic hydroxyl groups is 2.